The van der Waals surface area contributed by atoms with Crippen molar-refractivity contribution < 1.29 is 15.0 Å². The smallest absolute Gasteiger partial charge is 0.254 e. The number of likely N-dealkylation sites (tertiary alicyclic amines) is 1. The summed E-state index contributed by atoms with van der Waals surface area (Å²) in [4.78, 5) is 13.8. The summed E-state index contributed by atoms with van der Waals surface area (Å²) in [6.45, 7) is 1.16. The van der Waals surface area contributed by atoms with Crippen molar-refractivity contribution in [1.29, 1.82) is 0 Å². The number of hydrogen-bond acceptors (Lipinski definition) is 4. The first-order valence-electron chi connectivity index (χ1n) is 6.10. The Morgan fingerprint density at radius 3 is 2.50 bits per heavy atom. The van der Waals surface area contributed by atoms with Gasteiger partial charge in [0, 0.05) is 18.7 Å². The van der Waals surface area contributed by atoms with E-state index in [4.69, 9.17) is 5.73 Å². The number of amides is 1. The predicted molar refractivity (Wildman–Crippen MR) is 65.3 cm³/mol. The molecular weight excluding hydrogens is 232 g/mol. The summed E-state index contributed by atoms with van der Waals surface area (Å²) < 4.78 is 0. The summed E-state index contributed by atoms with van der Waals surface area (Å²) in [6.07, 6.45) is 2.33. The van der Waals surface area contributed by atoms with Crippen LogP contribution in [-0.4, -0.2) is 39.6 Å². The Bertz CT molecular complexity index is 505. The fourth-order valence-electron chi connectivity index (χ4n) is 2.56. The summed E-state index contributed by atoms with van der Waals surface area (Å²) in [7, 11) is 0. The Hall–Kier alpha value is -1.75. The maximum atomic E-state index is 12.1. The Labute approximate surface area is 105 Å². The Morgan fingerprint density at radius 1 is 1.28 bits per heavy atom. The highest BCUT2D eigenvalue weighted by Crippen LogP contribution is 2.43. The fraction of sp³-hybridized carbons (Fsp3) is 0.462. The first-order valence-corrected chi connectivity index (χ1v) is 6.10. The molecule has 0 aromatic heterocycles. The molecule has 1 aromatic rings. The van der Waals surface area contributed by atoms with Crippen molar-refractivity contribution in [3.63, 3.8) is 0 Å². The van der Waals surface area contributed by atoms with E-state index in [9.17, 15) is 15.0 Å². The molecule has 1 aliphatic carbocycles. The number of benzene rings is 1. The van der Waals surface area contributed by atoms with Crippen molar-refractivity contribution in [1.82, 2.24) is 4.90 Å². The topological polar surface area (TPSA) is 86.8 Å². The summed E-state index contributed by atoms with van der Waals surface area (Å²) >= 11 is 0. The zero-order valence-corrected chi connectivity index (χ0v) is 9.97. The minimum Gasteiger partial charge on any atom is -0.504 e. The molecule has 5 heteroatoms. The van der Waals surface area contributed by atoms with E-state index in [0.717, 1.165) is 0 Å². The Balaban J connectivity index is 1.70. The SMILES string of the molecule is NC1(C2CC2)CN(C(=O)c2ccc(O)c(O)c2)C1. The molecule has 96 valence electrons. The molecule has 0 radical (unpaired) electrons. The Morgan fingerprint density at radius 2 is 1.94 bits per heavy atom. The monoisotopic (exact) mass is 248 g/mol. The van der Waals surface area contributed by atoms with E-state index in [2.05, 4.69) is 0 Å². The number of carbonyl (C=O) groups is 1. The van der Waals surface area contributed by atoms with E-state index >= 15 is 0 Å². The zero-order chi connectivity index (χ0) is 12.9. The number of nitrogens with two attached hydrogens (primary N) is 1. The number of rotatable bonds is 2. The van der Waals surface area contributed by atoms with Crippen molar-refractivity contribution in [3.8, 4) is 11.5 Å². The molecule has 1 heterocycles. The average molecular weight is 248 g/mol. The van der Waals surface area contributed by atoms with Crippen LogP contribution in [0.5, 0.6) is 11.5 Å². The lowest BCUT2D eigenvalue weighted by Gasteiger charge is -2.48. The van der Waals surface area contributed by atoms with Crippen molar-refractivity contribution in [2.24, 2.45) is 11.7 Å². The number of nitrogens with zero attached hydrogens (tertiary/aromatic N) is 1. The van der Waals surface area contributed by atoms with Crippen LogP contribution in [0.3, 0.4) is 0 Å². The molecule has 2 fully saturated rings. The van der Waals surface area contributed by atoms with Gasteiger partial charge >= 0.3 is 0 Å². The highest BCUT2D eigenvalue weighted by molar-refractivity contribution is 5.95. The molecule has 3 rings (SSSR count). The van der Waals surface area contributed by atoms with Crippen LogP contribution in [0.1, 0.15) is 23.2 Å². The third-order valence-corrected chi connectivity index (χ3v) is 3.87. The number of carbonyl (C=O) groups excluding carboxylic acids is 1. The molecule has 0 unspecified atom stereocenters. The van der Waals surface area contributed by atoms with Crippen molar-refractivity contribution in [2.45, 2.75) is 18.4 Å². The van der Waals surface area contributed by atoms with Gasteiger partial charge in [-0.05, 0) is 37.0 Å². The predicted octanol–water partition coefficient (Wildman–Crippen LogP) is 0.661. The second-order valence-electron chi connectivity index (χ2n) is 5.37. The Kier molecular flexibility index (Phi) is 2.28. The molecule has 1 aromatic carbocycles. The second-order valence-corrected chi connectivity index (χ2v) is 5.37. The van der Waals surface area contributed by atoms with Gasteiger partial charge < -0.3 is 20.8 Å². The lowest BCUT2D eigenvalue weighted by Crippen LogP contribution is -2.69. The van der Waals surface area contributed by atoms with Gasteiger partial charge in [-0.15, -0.1) is 0 Å². The third kappa shape index (κ3) is 1.71. The van der Waals surface area contributed by atoms with Gasteiger partial charge in [-0.1, -0.05) is 0 Å². The van der Waals surface area contributed by atoms with Gasteiger partial charge in [0.2, 0.25) is 0 Å². The molecule has 1 amide bonds. The third-order valence-electron chi connectivity index (χ3n) is 3.87. The van der Waals surface area contributed by atoms with Crippen LogP contribution >= 0.6 is 0 Å². The van der Waals surface area contributed by atoms with Gasteiger partial charge in [-0.25, -0.2) is 0 Å². The number of aromatic hydroxyl groups is 2. The van der Waals surface area contributed by atoms with Crippen LogP contribution in [-0.2, 0) is 0 Å². The minimum absolute atomic E-state index is 0.146. The van der Waals surface area contributed by atoms with Crippen molar-refractivity contribution in [2.75, 3.05) is 13.1 Å². The van der Waals surface area contributed by atoms with E-state index in [-0.39, 0.29) is 22.9 Å². The lowest BCUT2D eigenvalue weighted by atomic mass is 9.85. The van der Waals surface area contributed by atoms with Crippen LogP contribution < -0.4 is 5.73 Å². The van der Waals surface area contributed by atoms with Gasteiger partial charge in [0.1, 0.15) is 0 Å². The summed E-state index contributed by atoms with van der Waals surface area (Å²) in [5.74, 6) is -0.0781. The summed E-state index contributed by atoms with van der Waals surface area (Å²) in [5, 5.41) is 18.6. The molecule has 5 nitrogen and oxygen atoms in total. The fourth-order valence-corrected chi connectivity index (χ4v) is 2.56. The van der Waals surface area contributed by atoms with E-state index in [0.29, 0.717) is 24.6 Å². The number of hydrogen-bond donors (Lipinski definition) is 3. The van der Waals surface area contributed by atoms with Crippen molar-refractivity contribution in [3.05, 3.63) is 23.8 Å². The van der Waals surface area contributed by atoms with Gasteiger partial charge in [0.25, 0.3) is 5.91 Å². The number of phenols is 2. The van der Waals surface area contributed by atoms with Crippen LogP contribution in [0, 0.1) is 5.92 Å². The maximum Gasteiger partial charge on any atom is 0.254 e. The van der Waals surface area contributed by atoms with Gasteiger partial charge in [0.15, 0.2) is 11.5 Å². The second kappa shape index (κ2) is 3.62. The normalized spacial score (nSPS) is 21.5. The van der Waals surface area contributed by atoms with Crippen LogP contribution in [0.15, 0.2) is 18.2 Å². The quantitative estimate of drug-likeness (QED) is 0.671. The summed E-state index contributed by atoms with van der Waals surface area (Å²) in [6, 6.07) is 4.11. The maximum absolute atomic E-state index is 12.1. The first kappa shape index (κ1) is 11.3. The zero-order valence-electron chi connectivity index (χ0n) is 9.97. The summed E-state index contributed by atoms with van der Waals surface area (Å²) in [5.41, 5.74) is 6.36. The number of phenolic OH excluding ortho intramolecular Hbond substituents is 2. The standard InChI is InChI=1S/C13H16N2O3/c14-13(9-2-3-9)6-15(7-13)12(18)8-1-4-10(16)11(17)5-8/h1,4-5,9,16-17H,2-3,6-7,14H2. The van der Waals surface area contributed by atoms with Crippen molar-refractivity contribution >= 4 is 5.91 Å². The molecular formula is C13H16N2O3. The van der Waals surface area contributed by atoms with Gasteiger partial charge in [-0.3, -0.25) is 4.79 Å². The van der Waals surface area contributed by atoms with E-state index in [1.54, 1.807) is 4.90 Å². The van der Waals surface area contributed by atoms with Crippen LogP contribution in [0.4, 0.5) is 0 Å². The van der Waals surface area contributed by atoms with Crippen LogP contribution in [0.25, 0.3) is 0 Å². The van der Waals surface area contributed by atoms with E-state index < -0.39 is 0 Å². The molecule has 0 spiro atoms. The highest BCUT2D eigenvalue weighted by atomic mass is 16.3. The molecule has 18 heavy (non-hydrogen) atoms. The van der Waals surface area contributed by atoms with Crippen LogP contribution in [0.2, 0.25) is 0 Å². The van der Waals surface area contributed by atoms with E-state index in [1.807, 2.05) is 0 Å². The molecule has 2 aliphatic rings. The molecule has 1 aliphatic heterocycles. The lowest BCUT2D eigenvalue weighted by molar-refractivity contribution is 0.0350. The minimum atomic E-state index is -0.275. The molecule has 1 saturated carbocycles. The first-order chi connectivity index (χ1) is 8.49. The van der Waals surface area contributed by atoms with Gasteiger partial charge in [0.05, 0.1) is 5.54 Å². The van der Waals surface area contributed by atoms with E-state index in [1.165, 1.54) is 31.0 Å². The molecule has 1 saturated heterocycles. The molecule has 0 bridgehead atoms. The van der Waals surface area contributed by atoms with Gasteiger partial charge in [-0.2, -0.15) is 0 Å². The largest absolute Gasteiger partial charge is 0.504 e. The highest BCUT2D eigenvalue weighted by Gasteiger charge is 2.51. The molecule has 4 N–H and O–H groups in total. The molecule has 0 atom stereocenters. The average Bonchev–Trinajstić information content (AvgIpc) is 3.12.